The molecule has 16 nitrogen and oxygen atoms in total. The minimum Gasteiger partial charge on any atom is -0.362 e. The number of hydrogen-bond acceptors (Lipinski definition) is 14. The van der Waals surface area contributed by atoms with E-state index in [-0.39, 0.29) is 16.4 Å². The average Bonchev–Trinajstić information content (AvgIpc) is 0.999. The van der Waals surface area contributed by atoms with E-state index in [9.17, 15) is 14.5 Å². The largest absolute Gasteiger partial charge is 0.362 e. The summed E-state index contributed by atoms with van der Waals surface area (Å²) >= 11 is 3.57. The summed E-state index contributed by atoms with van der Waals surface area (Å²) in [6.07, 6.45) is 6.77. The summed E-state index contributed by atoms with van der Waals surface area (Å²) in [4.78, 5) is 48.5. The van der Waals surface area contributed by atoms with Crippen molar-refractivity contribution >= 4 is 50.6 Å². The number of hydrogen-bond donors (Lipinski definition) is 0. The number of nitrogens with zero attached hydrogens (tertiary/aromatic N) is 14. The van der Waals surface area contributed by atoms with Crippen molar-refractivity contribution in [1.82, 2.24) is 39.5 Å². The molecule has 4 aliphatic rings. The van der Waals surface area contributed by atoms with Gasteiger partial charge >= 0.3 is 5.69 Å². The molecular formula is C77H72BrFN14O2. The van der Waals surface area contributed by atoms with Crippen LogP contribution in [0.5, 0.6) is 0 Å². The van der Waals surface area contributed by atoms with Crippen molar-refractivity contribution in [2.24, 2.45) is 0 Å². The fourth-order valence-electron chi connectivity index (χ4n) is 10.4. The Hall–Kier alpha value is -11.6. The molecule has 95 heavy (non-hydrogen) atoms. The Morgan fingerprint density at radius 2 is 0.705 bits per heavy atom. The Labute approximate surface area is 565 Å². The second-order valence-electron chi connectivity index (χ2n) is 21.8. The van der Waals surface area contributed by atoms with E-state index in [1.54, 1.807) is 36.8 Å². The smallest absolute Gasteiger partial charge is 0.311 e. The molecule has 4 aromatic heterocycles. The predicted octanol–water partition coefficient (Wildman–Crippen LogP) is 12.4. The van der Waals surface area contributed by atoms with Crippen LogP contribution in [-0.2, 0) is 0 Å². The molecule has 0 aliphatic carbocycles. The first-order valence-corrected chi connectivity index (χ1v) is 31.9. The molecule has 0 spiro atoms. The normalized spacial score (nSPS) is 13.9. The molecule has 0 bridgehead atoms. The zero-order valence-corrected chi connectivity index (χ0v) is 54.5. The molecule has 0 amide bonds. The first-order chi connectivity index (χ1) is 46.4. The topological polar surface area (TPSA) is 125 Å². The summed E-state index contributed by atoms with van der Waals surface area (Å²) in [5, 5.41) is 11.2. The Morgan fingerprint density at radius 1 is 0.411 bits per heavy atom. The minimum atomic E-state index is -0.390. The highest BCUT2D eigenvalue weighted by atomic mass is 79.9. The van der Waals surface area contributed by atoms with Crippen LogP contribution < -0.4 is 19.6 Å². The summed E-state index contributed by atoms with van der Waals surface area (Å²) < 4.78 is 14.8. The Bertz CT molecular complexity index is 4100. The number of nitro groups is 1. The maximum absolute atomic E-state index is 13.8. The van der Waals surface area contributed by atoms with Crippen molar-refractivity contribution in [3.63, 3.8) is 0 Å². The van der Waals surface area contributed by atoms with Gasteiger partial charge in [-0.1, -0.05) is 135 Å². The van der Waals surface area contributed by atoms with E-state index >= 15 is 0 Å². The summed E-state index contributed by atoms with van der Waals surface area (Å²) in [5.41, 5.74) is 7.87. The van der Waals surface area contributed by atoms with Gasteiger partial charge in [-0.05, 0) is 118 Å². The third kappa shape index (κ3) is 20.2. The standard InChI is InChI=1S/C20H18N4.C19H18BrN3.C19H18FN3.C19H18N4O2/c1-17(10-11-18-7-4-3-5-8-18)23-13-15-24(16-14-23)20-19(21-2)9-6-12-22-20;2*1-16(9-10-17-6-3-2-4-7-17)22-12-14-23(15-13-22)19-18(20)8-5-11-21-19;1-16(9-10-17-6-3-2-4-7-17)21-12-14-22(15-13-21)19-18(23(24)25)8-5-11-20-19/h3-9,12H,1,13-16H2;2*2-8,11H,1,12-15H2;2-8,11H,1,12-15H2. The monoisotopic (exact) mass is 1320 g/mol. The molecule has 4 aromatic carbocycles. The molecule has 0 saturated carbocycles. The van der Waals surface area contributed by atoms with Gasteiger partial charge in [-0.3, -0.25) is 15.1 Å². The van der Waals surface area contributed by atoms with E-state index in [1.165, 1.54) is 12.1 Å². The van der Waals surface area contributed by atoms with Crippen LogP contribution in [0.4, 0.5) is 39.0 Å². The van der Waals surface area contributed by atoms with Crippen LogP contribution in [-0.4, -0.2) is 149 Å². The van der Waals surface area contributed by atoms with Crippen LogP contribution >= 0.6 is 15.9 Å². The van der Waals surface area contributed by atoms with Crippen molar-refractivity contribution in [2.45, 2.75) is 0 Å². The summed E-state index contributed by atoms with van der Waals surface area (Å²) in [6.45, 7) is 36.1. The molecule has 18 heteroatoms. The highest BCUT2D eigenvalue weighted by Gasteiger charge is 2.26. The van der Waals surface area contributed by atoms with E-state index in [1.807, 2.05) is 156 Å². The molecule has 0 radical (unpaired) electrons. The summed E-state index contributed by atoms with van der Waals surface area (Å²) in [6, 6.07) is 53.2. The van der Waals surface area contributed by atoms with Gasteiger partial charge in [0.25, 0.3) is 0 Å². The third-order valence-corrected chi connectivity index (χ3v) is 16.3. The van der Waals surface area contributed by atoms with Crippen LogP contribution in [0.25, 0.3) is 4.85 Å². The lowest BCUT2D eigenvalue weighted by Gasteiger charge is -2.36. The summed E-state index contributed by atoms with van der Waals surface area (Å²) in [7, 11) is 0. The SMILES string of the molecule is C=C(C#Cc1ccccc1)N1CCN(c2ncccc2Br)CC1.C=C(C#Cc1ccccc1)N1CCN(c2ncccc2F)CC1.C=C(C#Cc1ccccc1)N1CCN(c2ncccc2[N+](=O)[O-])CC1.[C-]#[N+]c1cccnc1N1CCN(C(=C)C#Cc2ccccc2)CC1. The van der Waals surface area contributed by atoms with E-state index in [0.717, 1.165) is 127 Å². The van der Waals surface area contributed by atoms with Crippen LogP contribution in [0.1, 0.15) is 22.3 Å². The predicted molar refractivity (Wildman–Crippen MR) is 383 cm³/mol. The number of aromatic nitrogens is 4. The van der Waals surface area contributed by atoms with Crippen molar-refractivity contribution in [3.05, 3.63) is 298 Å². The van der Waals surface area contributed by atoms with Gasteiger partial charge in [0.1, 0.15) is 11.6 Å². The van der Waals surface area contributed by atoms with Gasteiger partial charge in [-0.2, -0.15) is 0 Å². The minimum absolute atomic E-state index is 0.0404. The molecular weight excluding hydrogens is 1250 g/mol. The van der Waals surface area contributed by atoms with Gasteiger partial charge in [0.15, 0.2) is 11.6 Å². The van der Waals surface area contributed by atoms with Crippen molar-refractivity contribution in [3.8, 4) is 47.4 Å². The lowest BCUT2D eigenvalue weighted by molar-refractivity contribution is -0.384. The molecule has 4 saturated heterocycles. The van der Waals surface area contributed by atoms with E-state index < -0.39 is 0 Å². The van der Waals surface area contributed by atoms with Crippen LogP contribution in [0, 0.1) is 69.9 Å². The molecule has 0 unspecified atom stereocenters. The van der Waals surface area contributed by atoms with E-state index in [4.69, 9.17) is 6.57 Å². The van der Waals surface area contributed by atoms with Crippen LogP contribution in [0.15, 0.2) is 248 Å². The molecule has 4 fully saturated rings. The number of benzene rings is 4. The molecule has 8 heterocycles. The first-order valence-electron chi connectivity index (χ1n) is 31.1. The second kappa shape index (κ2) is 35.3. The van der Waals surface area contributed by atoms with Crippen LogP contribution in [0.2, 0.25) is 0 Å². The Kier molecular flexibility index (Phi) is 25.2. The van der Waals surface area contributed by atoms with Gasteiger partial charge in [0.05, 0.1) is 38.8 Å². The van der Waals surface area contributed by atoms with E-state index in [2.05, 4.69) is 144 Å². The maximum atomic E-state index is 13.8. The lowest BCUT2D eigenvalue weighted by atomic mass is 10.2. The van der Waals surface area contributed by atoms with Crippen molar-refractivity contribution < 1.29 is 9.31 Å². The number of pyridine rings is 4. The molecule has 4 aliphatic heterocycles. The first kappa shape index (κ1) is 67.8. The Morgan fingerprint density at radius 3 is 1.05 bits per heavy atom. The second-order valence-corrected chi connectivity index (χ2v) is 22.7. The summed E-state index contributed by atoms with van der Waals surface area (Å²) in [5.74, 6) is 27.4. The highest BCUT2D eigenvalue weighted by molar-refractivity contribution is 9.10. The molecule has 0 N–H and O–H groups in total. The number of anilines is 4. The molecule has 0 atom stereocenters. The number of halogens is 2. The molecule has 8 aromatic rings. The number of piperazine rings is 4. The highest BCUT2D eigenvalue weighted by Crippen LogP contribution is 2.29. The molecule has 476 valence electrons. The van der Waals surface area contributed by atoms with Gasteiger partial charge in [-0.25, -0.2) is 24.2 Å². The van der Waals surface area contributed by atoms with Crippen molar-refractivity contribution in [1.29, 1.82) is 0 Å². The van der Waals surface area contributed by atoms with Gasteiger partial charge in [-0.15, -0.1) is 0 Å². The fourth-order valence-corrected chi connectivity index (χ4v) is 11.0. The average molecular weight is 1320 g/mol. The van der Waals surface area contributed by atoms with Crippen LogP contribution in [0.3, 0.4) is 0 Å². The van der Waals surface area contributed by atoms with Gasteiger partial charge in [0, 0.05) is 158 Å². The number of rotatable bonds is 9. The lowest BCUT2D eigenvalue weighted by Crippen LogP contribution is -2.46. The molecule has 12 rings (SSSR count). The van der Waals surface area contributed by atoms with Gasteiger partial charge < -0.3 is 39.2 Å². The maximum Gasteiger partial charge on any atom is 0.311 e. The zero-order valence-electron chi connectivity index (χ0n) is 53.0. The van der Waals surface area contributed by atoms with E-state index in [0.29, 0.717) is 56.6 Å². The fraction of sp³-hybridized carbons (Fsp3) is 0.208. The zero-order chi connectivity index (χ0) is 66.6. The quantitative estimate of drug-likeness (QED) is 0.0589. The van der Waals surface area contributed by atoms with Crippen molar-refractivity contribution in [2.75, 3.05) is 124 Å². The van der Waals surface area contributed by atoms with Gasteiger partial charge in [0.2, 0.25) is 11.5 Å². The third-order valence-electron chi connectivity index (χ3n) is 15.7. The Balaban J connectivity index is 0.000000149. The number of allylic oxidation sites excluding steroid dienone is 4.